The summed E-state index contributed by atoms with van der Waals surface area (Å²) in [5.41, 5.74) is 0.288. The fourth-order valence-electron chi connectivity index (χ4n) is 2.84. The third kappa shape index (κ3) is 4.77. The lowest BCUT2D eigenvalue weighted by atomic mass is 10.1. The number of nitrogens with one attached hydrogen (secondary N) is 1. The lowest BCUT2D eigenvalue weighted by molar-refractivity contribution is -0.121. The molecule has 29 heavy (non-hydrogen) atoms. The number of nitrogens with zero attached hydrogens (tertiary/aromatic N) is 1. The number of rotatable bonds is 7. The van der Waals surface area contributed by atoms with Crippen LogP contribution in [-0.2, 0) is 11.2 Å². The highest BCUT2D eigenvalue weighted by molar-refractivity contribution is 5.76. The van der Waals surface area contributed by atoms with E-state index in [1.54, 1.807) is 13.0 Å². The molecule has 3 aromatic rings. The second-order valence-electron chi connectivity index (χ2n) is 6.40. The van der Waals surface area contributed by atoms with E-state index in [1.165, 1.54) is 31.5 Å². The second kappa shape index (κ2) is 8.81. The van der Waals surface area contributed by atoms with Crippen molar-refractivity contribution in [3.63, 3.8) is 0 Å². The van der Waals surface area contributed by atoms with E-state index in [-0.39, 0.29) is 41.7 Å². The van der Waals surface area contributed by atoms with Crippen molar-refractivity contribution < 1.29 is 27.1 Å². The molecule has 3 rings (SSSR count). The molecule has 0 aliphatic carbocycles. The van der Waals surface area contributed by atoms with Crippen LogP contribution in [0.1, 0.15) is 30.8 Å². The summed E-state index contributed by atoms with van der Waals surface area (Å²) in [5.74, 6) is -2.07. The Bertz CT molecular complexity index is 1000. The normalized spacial score (nSPS) is 11.9. The third-order valence-corrected chi connectivity index (χ3v) is 4.38. The monoisotopic (exact) mass is 404 g/mol. The molecule has 0 saturated carbocycles. The summed E-state index contributed by atoms with van der Waals surface area (Å²) in [6.07, 6.45) is 1.41. The summed E-state index contributed by atoms with van der Waals surface area (Å²) in [6.45, 7) is 1.73. The van der Waals surface area contributed by atoms with Crippen LogP contribution in [0.25, 0.3) is 11.3 Å². The first-order chi connectivity index (χ1) is 13.9. The molecule has 0 saturated heterocycles. The Kier molecular flexibility index (Phi) is 6.21. The lowest BCUT2D eigenvalue weighted by Crippen LogP contribution is -2.26. The second-order valence-corrected chi connectivity index (χ2v) is 6.40. The van der Waals surface area contributed by atoms with Crippen LogP contribution in [0.4, 0.5) is 13.2 Å². The molecule has 1 heterocycles. The van der Waals surface area contributed by atoms with Gasteiger partial charge in [0, 0.05) is 12.8 Å². The molecule has 0 spiro atoms. The topological polar surface area (TPSA) is 64.4 Å². The van der Waals surface area contributed by atoms with Crippen molar-refractivity contribution in [1.82, 2.24) is 10.3 Å². The number of aromatic nitrogens is 1. The molecule has 0 aliphatic rings. The summed E-state index contributed by atoms with van der Waals surface area (Å²) < 4.78 is 51.7. The van der Waals surface area contributed by atoms with Crippen molar-refractivity contribution in [3.05, 3.63) is 71.5 Å². The first-order valence-corrected chi connectivity index (χ1v) is 8.91. The first kappa shape index (κ1) is 20.4. The summed E-state index contributed by atoms with van der Waals surface area (Å²) in [7, 11) is 1.37. The average Bonchev–Trinajstić information content (AvgIpc) is 3.14. The quantitative estimate of drug-likeness (QED) is 0.626. The number of carbonyl (C=O) groups excluding carboxylic acids is 1. The van der Waals surface area contributed by atoms with Crippen LogP contribution in [0.5, 0.6) is 5.75 Å². The smallest absolute Gasteiger partial charge is 0.220 e. The zero-order valence-electron chi connectivity index (χ0n) is 15.8. The summed E-state index contributed by atoms with van der Waals surface area (Å²) in [4.78, 5) is 16.1. The van der Waals surface area contributed by atoms with Crippen LogP contribution in [0, 0.1) is 17.5 Å². The maximum atomic E-state index is 13.8. The third-order valence-electron chi connectivity index (χ3n) is 4.38. The van der Waals surface area contributed by atoms with Crippen molar-refractivity contribution in [1.29, 1.82) is 0 Å². The Labute approximate surface area is 165 Å². The molecule has 0 bridgehead atoms. The largest absolute Gasteiger partial charge is 0.494 e. The van der Waals surface area contributed by atoms with Gasteiger partial charge in [0.2, 0.25) is 5.91 Å². The van der Waals surface area contributed by atoms with Crippen LogP contribution in [-0.4, -0.2) is 18.0 Å². The molecular formula is C21H19F3N2O3. The predicted molar refractivity (Wildman–Crippen MR) is 99.7 cm³/mol. The minimum atomic E-state index is -0.758. The van der Waals surface area contributed by atoms with Crippen molar-refractivity contribution >= 4 is 5.91 Å². The van der Waals surface area contributed by atoms with Gasteiger partial charge in [0.25, 0.3) is 0 Å². The van der Waals surface area contributed by atoms with E-state index in [0.29, 0.717) is 5.56 Å². The van der Waals surface area contributed by atoms with Gasteiger partial charge in [-0.15, -0.1) is 0 Å². The Morgan fingerprint density at radius 2 is 1.90 bits per heavy atom. The summed E-state index contributed by atoms with van der Waals surface area (Å²) in [6, 6.07) is 7.53. The fraction of sp³-hybridized carbons (Fsp3) is 0.238. The van der Waals surface area contributed by atoms with Crippen molar-refractivity contribution in [2.24, 2.45) is 0 Å². The molecule has 0 aliphatic heterocycles. The van der Waals surface area contributed by atoms with Gasteiger partial charge in [-0.1, -0.05) is 12.1 Å². The van der Waals surface area contributed by atoms with Gasteiger partial charge in [-0.05, 0) is 36.8 Å². The molecule has 2 aromatic carbocycles. The Morgan fingerprint density at radius 1 is 1.17 bits per heavy atom. The molecule has 1 atom stereocenters. The Morgan fingerprint density at radius 3 is 2.55 bits per heavy atom. The van der Waals surface area contributed by atoms with Crippen LogP contribution in [0.2, 0.25) is 0 Å². The van der Waals surface area contributed by atoms with Gasteiger partial charge in [-0.3, -0.25) is 4.79 Å². The Hall–Kier alpha value is -3.29. The number of oxazole rings is 1. The van der Waals surface area contributed by atoms with Gasteiger partial charge in [0.1, 0.15) is 11.6 Å². The van der Waals surface area contributed by atoms with E-state index >= 15 is 0 Å². The van der Waals surface area contributed by atoms with E-state index in [1.807, 2.05) is 0 Å². The van der Waals surface area contributed by atoms with Crippen LogP contribution in [0.15, 0.2) is 47.0 Å². The van der Waals surface area contributed by atoms with Crippen LogP contribution >= 0.6 is 0 Å². The predicted octanol–water partition coefficient (Wildman–Crippen LogP) is 4.58. The number of hydrogen-bond acceptors (Lipinski definition) is 4. The molecule has 8 heteroatoms. The van der Waals surface area contributed by atoms with E-state index < -0.39 is 23.5 Å². The van der Waals surface area contributed by atoms with Gasteiger partial charge in [-0.2, -0.15) is 0 Å². The number of carbonyl (C=O) groups is 1. The maximum absolute atomic E-state index is 13.8. The highest BCUT2D eigenvalue weighted by Gasteiger charge is 2.17. The number of aryl methyl sites for hydroxylation is 1. The molecule has 0 radical (unpaired) electrons. The van der Waals surface area contributed by atoms with Crippen molar-refractivity contribution in [2.45, 2.75) is 25.8 Å². The SMILES string of the molecule is COc1ccc([C@@H](C)NC(=O)CCc2ncc(-c3c(F)cccc3F)o2)cc1F. The Balaban J connectivity index is 1.59. The number of ether oxygens (including phenoxy) is 1. The van der Waals surface area contributed by atoms with E-state index in [9.17, 15) is 18.0 Å². The van der Waals surface area contributed by atoms with Crippen molar-refractivity contribution in [3.8, 4) is 17.1 Å². The average molecular weight is 404 g/mol. The lowest BCUT2D eigenvalue weighted by Gasteiger charge is -2.15. The molecule has 5 nitrogen and oxygen atoms in total. The number of methoxy groups -OCH3 is 1. The van der Waals surface area contributed by atoms with Crippen LogP contribution in [0.3, 0.4) is 0 Å². The van der Waals surface area contributed by atoms with Crippen LogP contribution < -0.4 is 10.1 Å². The van der Waals surface area contributed by atoms with Gasteiger partial charge in [-0.25, -0.2) is 18.2 Å². The minimum absolute atomic E-state index is 0.0434. The summed E-state index contributed by atoms with van der Waals surface area (Å²) >= 11 is 0. The van der Waals surface area contributed by atoms with Gasteiger partial charge < -0.3 is 14.5 Å². The molecular weight excluding hydrogens is 385 g/mol. The maximum Gasteiger partial charge on any atom is 0.220 e. The number of halogens is 3. The fourth-order valence-corrected chi connectivity index (χ4v) is 2.84. The molecule has 1 N–H and O–H groups in total. The minimum Gasteiger partial charge on any atom is -0.494 e. The highest BCUT2D eigenvalue weighted by Crippen LogP contribution is 2.27. The highest BCUT2D eigenvalue weighted by atomic mass is 19.1. The molecule has 152 valence electrons. The molecule has 0 fully saturated rings. The number of benzene rings is 2. The molecule has 0 unspecified atom stereocenters. The van der Waals surface area contributed by atoms with Gasteiger partial charge >= 0.3 is 0 Å². The molecule has 1 aromatic heterocycles. The van der Waals surface area contributed by atoms with E-state index in [2.05, 4.69) is 10.3 Å². The van der Waals surface area contributed by atoms with Gasteiger partial charge in [0.15, 0.2) is 23.2 Å². The van der Waals surface area contributed by atoms with E-state index in [0.717, 1.165) is 12.1 Å². The zero-order chi connectivity index (χ0) is 21.0. The van der Waals surface area contributed by atoms with Crippen molar-refractivity contribution in [2.75, 3.05) is 7.11 Å². The van der Waals surface area contributed by atoms with Gasteiger partial charge in [0.05, 0.1) is 24.9 Å². The number of amides is 1. The zero-order valence-corrected chi connectivity index (χ0v) is 15.8. The first-order valence-electron chi connectivity index (χ1n) is 8.91. The summed E-state index contributed by atoms with van der Waals surface area (Å²) in [5, 5.41) is 2.75. The standard InChI is InChI=1S/C21H19F3N2O3/c1-12(13-6-7-17(28-2)16(24)10-13)26-19(27)8-9-20-25-11-18(29-20)21-14(22)4-3-5-15(21)23/h3-7,10-12H,8-9H2,1-2H3,(H,26,27)/t12-/m1/s1. The van der Waals surface area contributed by atoms with E-state index in [4.69, 9.17) is 9.15 Å². The number of hydrogen-bond donors (Lipinski definition) is 1. The molecule has 1 amide bonds.